The smallest absolute Gasteiger partial charge is 0.308 e. The zero-order valence-corrected chi connectivity index (χ0v) is 13.1. The summed E-state index contributed by atoms with van der Waals surface area (Å²) in [6, 6.07) is 8.24. The van der Waals surface area contributed by atoms with E-state index < -0.39 is 5.60 Å². The van der Waals surface area contributed by atoms with Gasteiger partial charge in [-0.05, 0) is 49.1 Å². The monoisotopic (exact) mass is 304 g/mol. The van der Waals surface area contributed by atoms with Crippen LogP contribution in [0.15, 0.2) is 24.3 Å². The molecule has 1 aromatic carbocycles. The lowest BCUT2D eigenvalue weighted by Crippen LogP contribution is -2.46. The Hall–Kier alpha value is -1.39. The molecule has 0 atom stereocenters. The summed E-state index contributed by atoms with van der Waals surface area (Å²) >= 11 is 0. The molecule has 120 valence electrons. The number of benzene rings is 1. The molecule has 3 rings (SSSR count). The van der Waals surface area contributed by atoms with Gasteiger partial charge in [0.1, 0.15) is 5.60 Å². The molecule has 2 fully saturated rings. The van der Waals surface area contributed by atoms with Crippen LogP contribution in [0.4, 0.5) is 0 Å². The fourth-order valence-corrected chi connectivity index (χ4v) is 3.52. The molecule has 1 aliphatic heterocycles. The number of hydrogen-bond donors (Lipinski definition) is 1. The van der Waals surface area contributed by atoms with E-state index in [1.54, 1.807) is 0 Å². The quantitative estimate of drug-likeness (QED) is 0.868. The van der Waals surface area contributed by atoms with Crippen molar-refractivity contribution in [3.8, 4) is 0 Å². The molecular weight excluding hydrogens is 280 g/mol. The number of aliphatic hydroxyl groups is 1. The van der Waals surface area contributed by atoms with Crippen LogP contribution in [0, 0.1) is 11.8 Å². The van der Waals surface area contributed by atoms with E-state index in [1.165, 1.54) is 12.7 Å². The lowest BCUT2D eigenvalue weighted by molar-refractivity contribution is -0.184. The molecule has 1 heterocycles. The first-order valence-electron chi connectivity index (χ1n) is 8.08. The molecule has 0 amide bonds. The Bertz CT molecular complexity index is 510. The zero-order valence-electron chi connectivity index (χ0n) is 13.1. The third-order valence-electron chi connectivity index (χ3n) is 5.08. The maximum Gasteiger partial charge on any atom is 0.308 e. The Balaban J connectivity index is 1.53. The largest absolute Gasteiger partial charge is 0.469 e. The number of ether oxygens (including phenoxy) is 2. The predicted octanol–water partition coefficient (Wildman–Crippen LogP) is 2.43. The van der Waals surface area contributed by atoms with Crippen molar-refractivity contribution in [2.24, 2.45) is 11.8 Å². The van der Waals surface area contributed by atoms with Crippen LogP contribution >= 0.6 is 0 Å². The standard InChI is InChI=1S/C18H24O4/c1-21-17(19)15-6-2-13(3-7-15)10-14-4-8-16(9-5-14)18(20)11-22-12-18/h4-5,8-9,13,15,20H,2-3,6-7,10-12H2,1H3. The van der Waals surface area contributed by atoms with Gasteiger partial charge in [-0.15, -0.1) is 0 Å². The minimum absolute atomic E-state index is 0.0567. The summed E-state index contributed by atoms with van der Waals surface area (Å²) in [5, 5.41) is 10.2. The molecule has 1 aliphatic carbocycles. The highest BCUT2D eigenvalue weighted by Crippen LogP contribution is 2.33. The van der Waals surface area contributed by atoms with E-state index in [2.05, 4.69) is 12.1 Å². The summed E-state index contributed by atoms with van der Waals surface area (Å²) in [6.07, 6.45) is 5.08. The van der Waals surface area contributed by atoms with Crippen LogP contribution in [0.1, 0.15) is 36.8 Å². The van der Waals surface area contributed by atoms with Gasteiger partial charge in [0.2, 0.25) is 0 Å². The van der Waals surface area contributed by atoms with Gasteiger partial charge >= 0.3 is 5.97 Å². The number of carbonyl (C=O) groups is 1. The SMILES string of the molecule is COC(=O)C1CCC(Cc2ccc(C3(O)COC3)cc2)CC1. The Morgan fingerprint density at radius 1 is 1.23 bits per heavy atom. The van der Waals surface area contributed by atoms with Gasteiger partial charge < -0.3 is 14.6 Å². The van der Waals surface area contributed by atoms with E-state index in [-0.39, 0.29) is 11.9 Å². The van der Waals surface area contributed by atoms with Gasteiger partial charge in [-0.25, -0.2) is 0 Å². The molecule has 0 bridgehead atoms. The number of methoxy groups -OCH3 is 1. The van der Waals surface area contributed by atoms with Gasteiger partial charge in [0.15, 0.2) is 0 Å². The van der Waals surface area contributed by atoms with Crippen LogP contribution in [0.25, 0.3) is 0 Å². The summed E-state index contributed by atoms with van der Waals surface area (Å²) < 4.78 is 9.93. The first kappa shape index (κ1) is 15.5. The van der Waals surface area contributed by atoms with Crippen molar-refractivity contribution in [2.45, 2.75) is 37.7 Å². The molecule has 4 nitrogen and oxygen atoms in total. The van der Waals surface area contributed by atoms with Gasteiger partial charge in [0, 0.05) is 0 Å². The van der Waals surface area contributed by atoms with Crippen LogP contribution in [-0.2, 0) is 26.3 Å². The van der Waals surface area contributed by atoms with E-state index in [0.29, 0.717) is 19.1 Å². The van der Waals surface area contributed by atoms with Crippen LogP contribution in [0.3, 0.4) is 0 Å². The van der Waals surface area contributed by atoms with E-state index in [1.807, 2.05) is 12.1 Å². The highest BCUT2D eigenvalue weighted by Gasteiger charge is 2.37. The van der Waals surface area contributed by atoms with Gasteiger partial charge in [-0.2, -0.15) is 0 Å². The fourth-order valence-electron chi connectivity index (χ4n) is 3.52. The first-order chi connectivity index (χ1) is 10.6. The predicted molar refractivity (Wildman–Crippen MR) is 82.3 cm³/mol. The minimum atomic E-state index is -0.781. The van der Waals surface area contributed by atoms with Crippen molar-refractivity contribution < 1.29 is 19.4 Å². The summed E-state index contributed by atoms with van der Waals surface area (Å²) in [5.41, 5.74) is 1.46. The number of carbonyl (C=O) groups excluding carboxylic acids is 1. The average molecular weight is 304 g/mol. The maximum atomic E-state index is 11.5. The highest BCUT2D eigenvalue weighted by molar-refractivity contribution is 5.72. The molecule has 0 unspecified atom stereocenters. The molecule has 4 heteroatoms. The van der Waals surface area contributed by atoms with Gasteiger partial charge in [-0.3, -0.25) is 4.79 Å². The number of rotatable bonds is 4. The molecular formula is C18H24O4. The molecule has 1 saturated carbocycles. The van der Waals surface area contributed by atoms with E-state index in [0.717, 1.165) is 37.7 Å². The normalized spacial score (nSPS) is 27.0. The summed E-state index contributed by atoms with van der Waals surface area (Å²) in [7, 11) is 1.47. The zero-order chi connectivity index (χ0) is 15.6. The first-order valence-corrected chi connectivity index (χ1v) is 8.08. The van der Waals surface area contributed by atoms with Crippen LogP contribution in [0.5, 0.6) is 0 Å². The van der Waals surface area contributed by atoms with Crippen molar-refractivity contribution >= 4 is 5.97 Å². The van der Waals surface area contributed by atoms with Crippen molar-refractivity contribution in [1.82, 2.24) is 0 Å². The lowest BCUT2D eigenvalue weighted by atomic mass is 9.79. The summed E-state index contributed by atoms with van der Waals surface area (Å²) in [5.74, 6) is 0.678. The topological polar surface area (TPSA) is 55.8 Å². The van der Waals surface area contributed by atoms with Crippen LogP contribution in [-0.4, -0.2) is 31.4 Å². The summed E-state index contributed by atoms with van der Waals surface area (Å²) in [4.78, 5) is 11.5. The number of hydrogen-bond acceptors (Lipinski definition) is 4. The van der Waals surface area contributed by atoms with Gasteiger partial charge in [-0.1, -0.05) is 24.3 Å². The second kappa shape index (κ2) is 6.39. The molecule has 22 heavy (non-hydrogen) atoms. The van der Waals surface area contributed by atoms with Gasteiger partial charge in [0.25, 0.3) is 0 Å². The van der Waals surface area contributed by atoms with Crippen LogP contribution in [0.2, 0.25) is 0 Å². The summed E-state index contributed by atoms with van der Waals surface area (Å²) in [6.45, 7) is 0.785. The molecule has 0 spiro atoms. The molecule has 1 N–H and O–H groups in total. The molecule has 1 saturated heterocycles. The van der Waals surface area contributed by atoms with E-state index in [4.69, 9.17) is 9.47 Å². The molecule has 1 aromatic rings. The Kier molecular flexibility index (Phi) is 4.50. The number of esters is 1. The third kappa shape index (κ3) is 3.18. The van der Waals surface area contributed by atoms with Crippen LogP contribution < -0.4 is 0 Å². The molecule has 0 aromatic heterocycles. The Morgan fingerprint density at radius 2 is 1.86 bits per heavy atom. The van der Waals surface area contributed by atoms with Crippen molar-refractivity contribution in [2.75, 3.05) is 20.3 Å². The third-order valence-corrected chi connectivity index (χ3v) is 5.08. The average Bonchev–Trinajstić information content (AvgIpc) is 2.53. The lowest BCUT2D eigenvalue weighted by Gasteiger charge is -2.36. The highest BCUT2D eigenvalue weighted by atomic mass is 16.5. The minimum Gasteiger partial charge on any atom is -0.469 e. The molecule has 2 aliphatic rings. The van der Waals surface area contributed by atoms with Crippen molar-refractivity contribution in [3.05, 3.63) is 35.4 Å². The van der Waals surface area contributed by atoms with E-state index in [9.17, 15) is 9.90 Å². The fraction of sp³-hybridized carbons (Fsp3) is 0.611. The van der Waals surface area contributed by atoms with E-state index >= 15 is 0 Å². The van der Waals surface area contributed by atoms with Crippen molar-refractivity contribution in [1.29, 1.82) is 0 Å². The molecule has 0 radical (unpaired) electrons. The van der Waals surface area contributed by atoms with Crippen molar-refractivity contribution in [3.63, 3.8) is 0 Å². The second-order valence-corrected chi connectivity index (χ2v) is 6.67. The van der Waals surface area contributed by atoms with Gasteiger partial charge in [0.05, 0.1) is 26.2 Å². The Morgan fingerprint density at radius 3 is 2.36 bits per heavy atom. The second-order valence-electron chi connectivity index (χ2n) is 6.67. The Labute approximate surface area is 131 Å². The maximum absolute atomic E-state index is 11.5.